The summed E-state index contributed by atoms with van der Waals surface area (Å²) in [5.41, 5.74) is 1.68. The Morgan fingerprint density at radius 3 is 2.21 bits per heavy atom. The third kappa shape index (κ3) is 4.05. The lowest BCUT2D eigenvalue weighted by Gasteiger charge is -2.12. The molecule has 1 aromatic heterocycles. The van der Waals surface area contributed by atoms with Crippen molar-refractivity contribution in [2.24, 2.45) is 0 Å². The van der Waals surface area contributed by atoms with Crippen LogP contribution in [0.5, 0.6) is 17.2 Å². The number of methoxy groups -OCH3 is 3. The zero-order chi connectivity index (χ0) is 17.7. The number of anilines is 1. The zero-order valence-corrected chi connectivity index (χ0v) is 15.1. The highest BCUT2D eigenvalue weighted by molar-refractivity contribution is 7.15. The predicted octanol–water partition coefficient (Wildman–Crippen LogP) is 3.44. The van der Waals surface area contributed by atoms with E-state index in [9.17, 15) is 4.79 Å². The second-order valence-corrected chi connectivity index (χ2v) is 6.15. The highest BCUT2D eigenvalue weighted by Crippen LogP contribution is 2.38. The number of amides is 1. The Hall–Kier alpha value is -2.54. The number of aryl methyl sites for hydroxylation is 2. The fourth-order valence-corrected chi connectivity index (χ4v) is 2.86. The molecule has 1 aromatic carbocycles. The number of carbonyl (C=O) groups is 1. The van der Waals surface area contributed by atoms with Gasteiger partial charge in [-0.15, -0.1) is 11.3 Å². The van der Waals surface area contributed by atoms with Crippen molar-refractivity contribution in [1.82, 2.24) is 4.98 Å². The topological polar surface area (TPSA) is 69.7 Å². The van der Waals surface area contributed by atoms with Crippen molar-refractivity contribution in [2.45, 2.75) is 13.8 Å². The molecule has 0 fully saturated rings. The van der Waals surface area contributed by atoms with Gasteiger partial charge in [0.2, 0.25) is 11.7 Å². The normalized spacial score (nSPS) is 10.7. The molecular formula is C17H20N2O4S. The lowest BCUT2D eigenvalue weighted by atomic mass is 10.1. The Bertz CT molecular complexity index is 723. The summed E-state index contributed by atoms with van der Waals surface area (Å²) >= 11 is 1.45. The monoisotopic (exact) mass is 348 g/mol. The number of carbonyl (C=O) groups excluding carboxylic acids is 1. The lowest BCUT2D eigenvalue weighted by molar-refractivity contribution is -0.111. The molecule has 128 valence electrons. The van der Waals surface area contributed by atoms with E-state index in [1.807, 2.05) is 13.8 Å². The van der Waals surface area contributed by atoms with E-state index >= 15 is 0 Å². The molecule has 0 spiro atoms. The Morgan fingerprint density at radius 1 is 1.12 bits per heavy atom. The number of ether oxygens (including phenoxy) is 3. The SMILES string of the molecule is COc1cc(/C=C/C(=O)Nc2nc(C)c(C)s2)cc(OC)c1OC. The number of rotatable bonds is 6. The van der Waals surface area contributed by atoms with Crippen molar-refractivity contribution in [3.8, 4) is 17.2 Å². The Morgan fingerprint density at radius 2 is 1.75 bits per heavy atom. The van der Waals surface area contributed by atoms with Crippen LogP contribution >= 0.6 is 11.3 Å². The van der Waals surface area contributed by atoms with Crippen molar-refractivity contribution >= 4 is 28.5 Å². The molecule has 7 heteroatoms. The van der Waals surface area contributed by atoms with E-state index in [-0.39, 0.29) is 5.91 Å². The summed E-state index contributed by atoms with van der Waals surface area (Å²) in [7, 11) is 4.64. The fourth-order valence-electron chi connectivity index (χ4n) is 2.04. The summed E-state index contributed by atoms with van der Waals surface area (Å²) in [4.78, 5) is 17.4. The first-order valence-corrected chi connectivity index (χ1v) is 8.03. The van der Waals surface area contributed by atoms with Crippen LogP contribution < -0.4 is 19.5 Å². The first-order chi connectivity index (χ1) is 11.5. The van der Waals surface area contributed by atoms with Gasteiger partial charge < -0.3 is 14.2 Å². The summed E-state index contributed by atoms with van der Waals surface area (Å²) in [6.07, 6.45) is 3.11. The predicted molar refractivity (Wildman–Crippen MR) is 95.3 cm³/mol. The van der Waals surface area contributed by atoms with E-state index in [0.29, 0.717) is 22.4 Å². The van der Waals surface area contributed by atoms with Gasteiger partial charge in [-0.05, 0) is 37.6 Å². The highest BCUT2D eigenvalue weighted by Gasteiger charge is 2.12. The van der Waals surface area contributed by atoms with Gasteiger partial charge in [-0.2, -0.15) is 0 Å². The lowest BCUT2D eigenvalue weighted by Crippen LogP contribution is -2.07. The quantitative estimate of drug-likeness (QED) is 0.810. The number of aromatic nitrogens is 1. The van der Waals surface area contributed by atoms with E-state index in [4.69, 9.17) is 14.2 Å². The van der Waals surface area contributed by atoms with Crippen LogP contribution in [0.2, 0.25) is 0 Å². The molecule has 1 heterocycles. The molecule has 2 aromatic rings. The highest BCUT2D eigenvalue weighted by atomic mass is 32.1. The van der Waals surface area contributed by atoms with Gasteiger partial charge >= 0.3 is 0 Å². The molecule has 0 atom stereocenters. The summed E-state index contributed by atoms with van der Waals surface area (Å²) in [5.74, 6) is 1.32. The molecular weight excluding hydrogens is 328 g/mol. The van der Waals surface area contributed by atoms with Crippen molar-refractivity contribution in [3.63, 3.8) is 0 Å². The molecule has 6 nitrogen and oxygen atoms in total. The van der Waals surface area contributed by atoms with Crippen LogP contribution in [0.25, 0.3) is 6.08 Å². The largest absolute Gasteiger partial charge is 0.493 e. The van der Waals surface area contributed by atoms with Crippen LogP contribution in [0, 0.1) is 13.8 Å². The second-order valence-electron chi connectivity index (χ2n) is 4.94. The van der Waals surface area contributed by atoms with E-state index < -0.39 is 0 Å². The average molecular weight is 348 g/mol. The van der Waals surface area contributed by atoms with Gasteiger partial charge in [0.15, 0.2) is 16.6 Å². The van der Waals surface area contributed by atoms with E-state index in [2.05, 4.69) is 10.3 Å². The van der Waals surface area contributed by atoms with Gasteiger partial charge in [-0.1, -0.05) is 0 Å². The number of nitrogens with zero attached hydrogens (tertiary/aromatic N) is 1. The summed E-state index contributed by atoms with van der Waals surface area (Å²) in [6, 6.07) is 3.53. The molecule has 0 saturated heterocycles. The van der Waals surface area contributed by atoms with Crippen molar-refractivity contribution < 1.29 is 19.0 Å². The number of nitrogens with one attached hydrogen (secondary N) is 1. The maximum absolute atomic E-state index is 12.0. The minimum Gasteiger partial charge on any atom is -0.493 e. The van der Waals surface area contributed by atoms with Crippen LogP contribution in [-0.4, -0.2) is 32.2 Å². The molecule has 0 saturated carbocycles. The molecule has 2 rings (SSSR count). The van der Waals surface area contributed by atoms with E-state index in [1.54, 1.807) is 39.5 Å². The van der Waals surface area contributed by atoms with Crippen LogP contribution in [0.4, 0.5) is 5.13 Å². The van der Waals surface area contributed by atoms with Gasteiger partial charge in [0, 0.05) is 11.0 Å². The molecule has 1 amide bonds. The van der Waals surface area contributed by atoms with E-state index in [1.165, 1.54) is 17.4 Å². The fraction of sp³-hybridized carbons (Fsp3) is 0.294. The maximum atomic E-state index is 12.0. The van der Waals surface area contributed by atoms with E-state index in [0.717, 1.165) is 16.1 Å². The Balaban J connectivity index is 2.17. The number of thiazole rings is 1. The van der Waals surface area contributed by atoms with Gasteiger partial charge in [0.05, 0.1) is 27.0 Å². The van der Waals surface area contributed by atoms with Gasteiger partial charge in [-0.3, -0.25) is 10.1 Å². The van der Waals surface area contributed by atoms with Gasteiger partial charge in [0.1, 0.15) is 0 Å². The average Bonchev–Trinajstić information content (AvgIpc) is 2.89. The van der Waals surface area contributed by atoms with Crippen molar-refractivity contribution in [3.05, 3.63) is 34.3 Å². The Labute approximate surface area is 145 Å². The standard InChI is InChI=1S/C17H20N2O4S/c1-10-11(2)24-17(18-10)19-15(20)7-6-12-8-13(21-3)16(23-5)14(9-12)22-4/h6-9H,1-5H3,(H,18,19,20)/b7-6+. The van der Waals surface area contributed by atoms with Crippen molar-refractivity contribution in [1.29, 1.82) is 0 Å². The minimum atomic E-state index is -0.252. The van der Waals surface area contributed by atoms with Gasteiger partial charge in [0.25, 0.3) is 0 Å². The number of hydrogen-bond donors (Lipinski definition) is 1. The first kappa shape index (κ1) is 17.8. The summed E-state index contributed by atoms with van der Waals surface area (Å²) < 4.78 is 15.9. The molecule has 0 unspecified atom stereocenters. The summed E-state index contributed by atoms with van der Waals surface area (Å²) in [5, 5.41) is 3.34. The van der Waals surface area contributed by atoms with Gasteiger partial charge in [-0.25, -0.2) is 4.98 Å². The zero-order valence-electron chi connectivity index (χ0n) is 14.3. The van der Waals surface area contributed by atoms with Crippen LogP contribution in [0.15, 0.2) is 18.2 Å². The summed E-state index contributed by atoms with van der Waals surface area (Å²) in [6.45, 7) is 3.88. The number of benzene rings is 1. The molecule has 1 N–H and O–H groups in total. The molecule has 0 radical (unpaired) electrons. The minimum absolute atomic E-state index is 0.252. The first-order valence-electron chi connectivity index (χ1n) is 7.21. The molecule has 24 heavy (non-hydrogen) atoms. The molecule has 0 bridgehead atoms. The molecule has 0 aliphatic carbocycles. The molecule has 0 aliphatic heterocycles. The third-order valence-corrected chi connectivity index (χ3v) is 4.36. The van der Waals surface area contributed by atoms with Crippen LogP contribution in [0.1, 0.15) is 16.1 Å². The number of hydrogen-bond acceptors (Lipinski definition) is 6. The third-order valence-electron chi connectivity index (χ3n) is 3.37. The molecule has 0 aliphatic rings. The van der Waals surface area contributed by atoms with Crippen LogP contribution in [-0.2, 0) is 4.79 Å². The maximum Gasteiger partial charge on any atom is 0.250 e. The van der Waals surface area contributed by atoms with Crippen molar-refractivity contribution in [2.75, 3.05) is 26.6 Å². The Kier molecular flexibility index (Phi) is 5.81. The second kappa shape index (κ2) is 7.83. The van der Waals surface area contributed by atoms with Crippen LogP contribution in [0.3, 0.4) is 0 Å². The smallest absolute Gasteiger partial charge is 0.250 e.